The number of pyridine rings is 2. The number of hydrogen-bond donors (Lipinski definition) is 1. The van der Waals surface area contributed by atoms with Crippen LogP contribution in [-0.4, -0.2) is 57.6 Å². The third-order valence-corrected chi connectivity index (χ3v) is 4.87. The van der Waals surface area contributed by atoms with Gasteiger partial charge in [0.2, 0.25) is 11.3 Å². The second-order valence-corrected chi connectivity index (χ2v) is 6.45. The molecule has 1 fully saturated rings. The Morgan fingerprint density at radius 3 is 2.78 bits per heavy atom. The van der Waals surface area contributed by atoms with E-state index in [-0.39, 0.29) is 28.8 Å². The molecule has 1 aliphatic rings. The highest BCUT2D eigenvalue weighted by Crippen LogP contribution is 2.26. The van der Waals surface area contributed by atoms with Gasteiger partial charge in [-0.25, -0.2) is 14.2 Å². The largest absolute Gasteiger partial charge is 0.477 e. The lowest BCUT2D eigenvalue weighted by atomic mass is 10.2. The Kier molecular flexibility index (Phi) is 4.69. The van der Waals surface area contributed by atoms with E-state index in [1.54, 1.807) is 16.8 Å². The minimum absolute atomic E-state index is 0.0556. The van der Waals surface area contributed by atoms with E-state index in [4.69, 9.17) is 5.11 Å². The van der Waals surface area contributed by atoms with E-state index in [0.717, 1.165) is 12.3 Å². The first-order chi connectivity index (χ1) is 12.7. The molecule has 142 valence electrons. The Bertz CT molecular complexity index is 1020. The number of aromatic nitrogens is 2. The Labute approximate surface area is 154 Å². The number of carboxylic acid groups (broad SMARTS) is 1. The fraction of sp³-hybridized carbons (Fsp3) is 0.333. The van der Waals surface area contributed by atoms with E-state index in [1.165, 1.54) is 17.7 Å². The van der Waals surface area contributed by atoms with Gasteiger partial charge < -0.3 is 19.5 Å². The third kappa shape index (κ3) is 3.16. The maximum atomic E-state index is 14.7. The lowest BCUT2D eigenvalue weighted by Gasteiger charge is -2.24. The molecule has 3 rings (SSSR count). The Hall–Kier alpha value is -3.23. The molecule has 0 radical (unpaired) electrons. The van der Waals surface area contributed by atoms with Crippen molar-refractivity contribution in [3.8, 4) is 0 Å². The van der Waals surface area contributed by atoms with Gasteiger partial charge in [-0.3, -0.25) is 9.59 Å². The number of aromatic carboxylic acids is 1. The van der Waals surface area contributed by atoms with Crippen LogP contribution in [0.5, 0.6) is 0 Å². The van der Waals surface area contributed by atoms with Gasteiger partial charge in [-0.15, -0.1) is 0 Å². The van der Waals surface area contributed by atoms with Crippen molar-refractivity contribution in [3.05, 3.63) is 40.4 Å². The summed E-state index contributed by atoms with van der Waals surface area (Å²) in [5.41, 5.74) is -1.16. The van der Waals surface area contributed by atoms with Crippen molar-refractivity contribution in [3.63, 3.8) is 0 Å². The summed E-state index contributed by atoms with van der Waals surface area (Å²) in [5, 5.41) is 9.03. The molecule has 2 aromatic rings. The van der Waals surface area contributed by atoms with Crippen LogP contribution in [0, 0.1) is 5.82 Å². The number of anilines is 1. The van der Waals surface area contributed by atoms with Gasteiger partial charge in [-0.1, -0.05) is 6.58 Å². The molecule has 2 aromatic heterocycles. The highest BCUT2D eigenvalue weighted by molar-refractivity contribution is 5.92. The van der Waals surface area contributed by atoms with Gasteiger partial charge in [0, 0.05) is 39.5 Å². The monoisotopic (exact) mass is 374 g/mol. The second kappa shape index (κ2) is 6.82. The first-order valence-electron chi connectivity index (χ1n) is 8.34. The molecule has 0 spiro atoms. The van der Waals surface area contributed by atoms with Crippen molar-refractivity contribution in [2.24, 2.45) is 0 Å². The molecule has 3 heterocycles. The number of halogens is 1. The molecular weight excluding hydrogens is 355 g/mol. The summed E-state index contributed by atoms with van der Waals surface area (Å²) < 4.78 is 16.0. The topological polar surface area (TPSA) is 95.7 Å². The van der Waals surface area contributed by atoms with Crippen LogP contribution >= 0.6 is 0 Å². The maximum Gasteiger partial charge on any atom is 0.341 e. The summed E-state index contributed by atoms with van der Waals surface area (Å²) in [4.78, 5) is 42.7. The molecule has 27 heavy (non-hydrogen) atoms. The quantitative estimate of drug-likeness (QED) is 0.869. The van der Waals surface area contributed by atoms with Gasteiger partial charge in [-0.2, -0.15) is 0 Å². The lowest BCUT2D eigenvalue weighted by Crippen LogP contribution is -2.37. The van der Waals surface area contributed by atoms with Gasteiger partial charge in [-0.05, 0) is 12.5 Å². The number of nitrogens with zero attached hydrogens (tertiary/aromatic N) is 4. The molecule has 0 aromatic carbocycles. The zero-order valence-electron chi connectivity index (χ0n) is 15.0. The van der Waals surface area contributed by atoms with Crippen LogP contribution < -0.4 is 10.3 Å². The minimum Gasteiger partial charge on any atom is -0.477 e. The highest BCUT2D eigenvalue weighted by atomic mass is 19.1. The summed E-state index contributed by atoms with van der Waals surface area (Å²) >= 11 is 0. The van der Waals surface area contributed by atoms with Gasteiger partial charge in [0.05, 0.1) is 11.4 Å². The van der Waals surface area contributed by atoms with E-state index < -0.39 is 22.8 Å². The number of rotatable bonds is 4. The molecule has 1 unspecified atom stereocenters. The molecule has 8 nitrogen and oxygen atoms in total. The van der Waals surface area contributed by atoms with Crippen LogP contribution in [0.25, 0.3) is 17.2 Å². The molecule has 1 N–H and O–H groups in total. The van der Waals surface area contributed by atoms with E-state index >= 15 is 0 Å². The Balaban J connectivity index is 2.09. The number of hydrogen-bond acceptors (Lipinski definition) is 5. The summed E-state index contributed by atoms with van der Waals surface area (Å²) in [7, 11) is 1.70. The lowest BCUT2D eigenvalue weighted by molar-refractivity contribution is -0.129. The molecule has 0 saturated carbocycles. The second-order valence-electron chi connectivity index (χ2n) is 6.45. The first-order valence-corrected chi connectivity index (χ1v) is 8.34. The zero-order valence-corrected chi connectivity index (χ0v) is 15.0. The molecule has 1 amide bonds. The fourth-order valence-corrected chi connectivity index (χ4v) is 3.26. The fourth-order valence-electron chi connectivity index (χ4n) is 3.26. The van der Waals surface area contributed by atoms with Crippen molar-refractivity contribution in [1.29, 1.82) is 0 Å². The standard InChI is InChI=1S/C18H19FN4O4/c1-4-22-9-13(18(26)27)15(25)12-7-14(19)17(20-16(12)22)23-6-5-11(8-23)21(3)10(2)24/h4,7,9,11H,1,5-6,8H2,2-3H3,(H,26,27). The number of likely N-dealkylation sites (N-methyl/N-ethyl adjacent to an activating group) is 1. The molecular formula is C18H19FN4O4. The average molecular weight is 374 g/mol. The smallest absolute Gasteiger partial charge is 0.341 e. The Morgan fingerprint density at radius 1 is 1.48 bits per heavy atom. The minimum atomic E-state index is -1.41. The van der Waals surface area contributed by atoms with Gasteiger partial charge in [0.25, 0.3) is 0 Å². The highest BCUT2D eigenvalue weighted by Gasteiger charge is 2.30. The van der Waals surface area contributed by atoms with Crippen LogP contribution in [0.1, 0.15) is 23.7 Å². The van der Waals surface area contributed by atoms with Crippen molar-refractivity contribution in [2.75, 3.05) is 25.0 Å². The maximum absolute atomic E-state index is 14.7. The van der Waals surface area contributed by atoms with Crippen LogP contribution in [0.2, 0.25) is 0 Å². The summed E-state index contributed by atoms with van der Waals surface area (Å²) in [6.07, 6.45) is 3.09. The molecule has 9 heteroatoms. The normalized spacial score (nSPS) is 16.6. The number of carbonyl (C=O) groups is 2. The number of amides is 1. The van der Waals surface area contributed by atoms with E-state index in [1.807, 2.05) is 0 Å². The van der Waals surface area contributed by atoms with Gasteiger partial charge >= 0.3 is 5.97 Å². The van der Waals surface area contributed by atoms with Crippen LogP contribution in [-0.2, 0) is 4.79 Å². The SMILES string of the molecule is C=Cn1cc(C(=O)O)c(=O)c2cc(F)c(N3CCC(N(C)C(C)=O)C3)nc21. The predicted molar refractivity (Wildman–Crippen MR) is 98.4 cm³/mol. The third-order valence-electron chi connectivity index (χ3n) is 4.87. The summed E-state index contributed by atoms with van der Waals surface area (Å²) in [6.45, 7) is 5.98. The van der Waals surface area contributed by atoms with Crippen molar-refractivity contribution in [2.45, 2.75) is 19.4 Å². The molecule has 1 saturated heterocycles. The number of carboxylic acids is 1. The van der Waals surface area contributed by atoms with Crippen molar-refractivity contribution >= 4 is 34.9 Å². The predicted octanol–water partition coefficient (Wildman–Crippen LogP) is 1.39. The van der Waals surface area contributed by atoms with Crippen molar-refractivity contribution in [1.82, 2.24) is 14.5 Å². The molecule has 0 bridgehead atoms. The van der Waals surface area contributed by atoms with Crippen LogP contribution in [0.4, 0.5) is 10.2 Å². The summed E-state index contributed by atoms with van der Waals surface area (Å²) in [6, 6.07) is 0.949. The number of carbonyl (C=O) groups excluding carboxylic acids is 1. The van der Waals surface area contributed by atoms with Gasteiger partial charge in [0.15, 0.2) is 17.3 Å². The van der Waals surface area contributed by atoms with Crippen LogP contribution in [0.15, 0.2) is 23.6 Å². The Morgan fingerprint density at radius 2 is 2.19 bits per heavy atom. The molecule has 1 aliphatic heterocycles. The van der Waals surface area contributed by atoms with E-state index in [0.29, 0.717) is 19.5 Å². The molecule has 1 atom stereocenters. The average Bonchev–Trinajstić information content (AvgIpc) is 3.10. The molecule has 0 aliphatic carbocycles. The van der Waals surface area contributed by atoms with Crippen LogP contribution in [0.3, 0.4) is 0 Å². The number of fused-ring (bicyclic) bond motifs is 1. The zero-order chi connectivity index (χ0) is 19.9. The van der Waals surface area contributed by atoms with E-state index in [2.05, 4.69) is 11.6 Å². The van der Waals surface area contributed by atoms with E-state index in [9.17, 15) is 18.8 Å². The summed E-state index contributed by atoms with van der Waals surface area (Å²) in [5.74, 6) is -2.14. The first kappa shape index (κ1) is 18.6. The van der Waals surface area contributed by atoms with Crippen molar-refractivity contribution < 1.29 is 19.1 Å². The van der Waals surface area contributed by atoms with Gasteiger partial charge in [0.1, 0.15) is 5.56 Å².